The standard InChI is InChI=1S/C31H28S/c1-5-9-19(6-2)20-13-15-27-25(16-20)23-14-12-21-17-29-26(18-24(21)30(23)31(27,3)4)22-10-7-8-11-28(22)32-29/h5-12,14-18,20H,13H2,1-4H3/b9-5-,19-6+. The van der Waals surface area contributed by atoms with Crippen molar-refractivity contribution in [3.05, 3.63) is 101 Å². The van der Waals surface area contributed by atoms with E-state index in [1.54, 1.807) is 0 Å². The number of fused-ring (bicyclic) bond motifs is 8. The predicted octanol–water partition coefficient (Wildman–Crippen LogP) is 9.35. The van der Waals surface area contributed by atoms with E-state index in [0.29, 0.717) is 5.92 Å². The van der Waals surface area contributed by atoms with Crippen LogP contribution in [0.5, 0.6) is 0 Å². The second-order valence-electron chi connectivity index (χ2n) is 9.61. The summed E-state index contributed by atoms with van der Waals surface area (Å²) in [5.41, 5.74) is 7.30. The first-order chi connectivity index (χ1) is 15.5. The molecule has 1 heterocycles. The van der Waals surface area contributed by atoms with Crippen molar-refractivity contribution in [2.24, 2.45) is 5.92 Å². The Morgan fingerprint density at radius 2 is 1.81 bits per heavy atom. The largest absolute Gasteiger partial charge is 0.135 e. The first kappa shape index (κ1) is 19.8. The van der Waals surface area contributed by atoms with Crippen molar-refractivity contribution in [3.8, 4) is 0 Å². The first-order valence-corrected chi connectivity index (χ1v) is 12.4. The second kappa shape index (κ2) is 7.05. The van der Waals surface area contributed by atoms with Gasteiger partial charge in [-0.3, -0.25) is 0 Å². The molecule has 6 rings (SSSR count). The molecule has 0 saturated heterocycles. The second-order valence-corrected chi connectivity index (χ2v) is 10.7. The molecule has 158 valence electrons. The van der Waals surface area contributed by atoms with Crippen molar-refractivity contribution < 1.29 is 0 Å². The highest BCUT2D eigenvalue weighted by molar-refractivity contribution is 7.25. The normalized spacial score (nSPS) is 20.1. The van der Waals surface area contributed by atoms with Gasteiger partial charge in [-0.25, -0.2) is 0 Å². The third-order valence-electron chi connectivity index (χ3n) is 7.46. The predicted molar refractivity (Wildman–Crippen MR) is 143 cm³/mol. The fourth-order valence-corrected chi connectivity index (χ4v) is 7.11. The SMILES string of the molecule is C/C=C\C(=C/C)C1C=C2C(=CC1)C(C)(C)c1c2ccc2cc3sc4ccccc4c3cc12. The van der Waals surface area contributed by atoms with E-state index >= 15 is 0 Å². The maximum Gasteiger partial charge on any atom is 0.0361 e. The highest BCUT2D eigenvalue weighted by atomic mass is 32.1. The van der Waals surface area contributed by atoms with E-state index in [1.807, 2.05) is 11.3 Å². The Hall–Kier alpha value is -2.90. The van der Waals surface area contributed by atoms with Crippen LogP contribution in [0.15, 0.2) is 90.1 Å². The van der Waals surface area contributed by atoms with Gasteiger partial charge in [-0.15, -0.1) is 11.3 Å². The Morgan fingerprint density at radius 3 is 2.62 bits per heavy atom. The molecular formula is C31H28S. The number of hydrogen-bond donors (Lipinski definition) is 0. The van der Waals surface area contributed by atoms with Crippen molar-refractivity contribution in [3.63, 3.8) is 0 Å². The molecule has 1 heteroatoms. The van der Waals surface area contributed by atoms with Crippen LogP contribution in [-0.2, 0) is 5.41 Å². The zero-order valence-electron chi connectivity index (χ0n) is 19.2. The maximum atomic E-state index is 2.53. The van der Waals surface area contributed by atoms with Crippen molar-refractivity contribution in [2.75, 3.05) is 0 Å². The Balaban J connectivity index is 1.62. The van der Waals surface area contributed by atoms with Crippen LogP contribution in [0.25, 0.3) is 36.5 Å². The molecule has 1 aromatic heterocycles. The van der Waals surface area contributed by atoms with Gasteiger partial charge in [0.15, 0.2) is 0 Å². The summed E-state index contributed by atoms with van der Waals surface area (Å²) in [6, 6.07) is 18.4. The van der Waals surface area contributed by atoms with Gasteiger partial charge < -0.3 is 0 Å². The van der Waals surface area contributed by atoms with Crippen LogP contribution in [0, 0.1) is 5.92 Å². The summed E-state index contributed by atoms with van der Waals surface area (Å²) in [5, 5.41) is 5.54. The lowest BCUT2D eigenvalue weighted by atomic mass is 9.77. The smallest absolute Gasteiger partial charge is 0.0361 e. The summed E-state index contributed by atoms with van der Waals surface area (Å²) in [6.07, 6.45) is 12.8. The van der Waals surface area contributed by atoms with Crippen LogP contribution < -0.4 is 0 Å². The summed E-state index contributed by atoms with van der Waals surface area (Å²) in [6.45, 7) is 9.09. The molecule has 0 amide bonds. The average Bonchev–Trinajstić information content (AvgIpc) is 3.27. The van der Waals surface area contributed by atoms with Gasteiger partial charge in [-0.1, -0.05) is 74.6 Å². The number of thiophene rings is 1. The van der Waals surface area contributed by atoms with Gasteiger partial charge in [0.05, 0.1) is 0 Å². The van der Waals surface area contributed by atoms with E-state index in [-0.39, 0.29) is 5.41 Å². The molecule has 3 aromatic carbocycles. The molecular weight excluding hydrogens is 404 g/mol. The summed E-state index contributed by atoms with van der Waals surface area (Å²) < 4.78 is 2.76. The van der Waals surface area contributed by atoms with E-state index in [1.165, 1.54) is 58.8 Å². The monoisotopic (exact) mass is 432 g/mol. The number of rotatable bonds is 2. The minimum Gasteiger partial charge on any atom is -0.135 e. The molecule has 1 atom stereocenters. The van der Waals surface area contributed by atoms with Gasteiger partial charge >= 0.3 is 0 Å². The summed E-state index contributed by atoms with van der Waals surface area (Å²) in [7, 11) is 0. The van der Waals surface area contributed by atoms with Crippen LogP contribution in [0.3, 0.4) is 0 Å². The number of benzene rings is 3. The van der Waals surface area contributed by atoms with Gasteiger partial charge in [0.1, 0.15) is 0 Å². The van der Waals surface area contributed by atoms with Crippen LogP contribution in [0.4, 0.5) is 0 Å². The number of hydrogen-bond acceptors (Lipinski definition) is 1. The molecule has 32 heavy (non-hydrogen) atoms. The Morgan fingerprint density at radius 1 is 0.969 bits per heavy atom. The molecule has 0 N–H and O–H groups in total. The summed E-state index contributed by atoms with van der Waals surface area (Å²) >= 11 is 1.90. The van der Waals surface area contributed by atoms with Crippen LogP contribution in [0.2, 0.25) is 0 Å². The fraction of sp³-hybridized carbons (Fsp3) is 0.226. The lowest BCUT2D eigenvalue weighted by molar-refractivity contribution is 0.651. The molecule has 2 aliphatic rings. The van der Waals surface area contributed by atoms with Crippen molar-refractivity contribution in [1.82, 2.24) is 0 Å². The highest BCUT2D eigenvalue weighted by Gasteiger charge is 2.41. The zero-order chi connectivity index (χ0) is 22.0. The molecule has 2 aliphatic carbocycles. The molecule has 0 nitrogen and oxygen atoms in total. The zero-order valence-corrected chi connectivity index (χ0v) is 20.0. The average molecular weight is 433 g/mol. The molecule has 0 aliphatic heterocycles. The molecule has 0 fully saturated rings. The Bertz CT molecular complexity index is 1530. The van der Waals surface area contributed by atoms with Crippen LogP contribution >= 0.6 is 11.3 Å². The molecule has 0 bridgehead atoms. The van der Waals surface area contributed by atoms with Crippen molar-refractivity contribution >= 4 is 47.9 Å². The lowest BCUT2D eigenvalue weighted by Crippen LogP contribution is -2.17. The summed E-state index contributed by atoms with van der Waals surface area (Å²) in [4.78, 5) is 0. The van der Waals surface area contributed by atoms with E-state index in [4.69, 9.17) is 0 Å². The minimum atomic E-state index is 0.0157. The van der Waals surface area contributed by atoms with E-state index in [9.17, 15) is 0 Å². The van der Waals surface area contributed by atoms with Gasteiger partial charge in [0.2, 0.25) is 0 Å². The molecule has 0 radical (unpaired) electrons. The van der Waals surface area contributed by atoms with E-state index in [2.05, 4.69) is 107 Å². The topological polar surface area (TPSA) is 0 Å². The third kappa shape index (κ3) is 2.67. The molecule has 0 saturated carbocycles. The first-order valence-electron chi connectivity index (χ1n) is 11.6. The number of allylic oxidation sites excluding steroid dienone is 8. The van der Waals surface area contributed by atoms with Gasteiger partial charge in [0.25, 0.3) is 0 Å². The van der Waals surface area contributed by atoms with Gasteiger partial charge in [0, 0.05) is 31.5 Å². The molecule has 4 aromatic rings. The quantitative estimate of drug-likeness (QED) is 0.277. The molecule has 0 spiro atoms. The Kier molecular flexibility index (Phi) is 4.35. The fourth-order valence-electron chi connectivity index (χ4n) is 5.97. The van der Waals surface area contributed by atoms with Crippen molar-refractivity contribution in [2.45, 2.75) is 39.5 Å². The minimum absolute atomic E-state index is 0.0157. The maximum absolute atomic E-state index is 2.53. The van der Waals surface area contributed by atoms with Crippen molar-refractivity contribution in [1.29, 1.82) is 0 Å². The third-order valence-corrected chi connectivity index (χ3v) is 8.59. The Labute approximate surface area is 194 Å². The van der Waals surface area contributed by atoms with E-state index < -0.39 is 0 Å². The van der Waals surface area contributed by atoms with Gasteiger partial charge in [-0.05, 0) is 77.1 Å². The highest BCUT2D eigenvalue weighted by Crippen LogP contribution is 2.55. The lowest BCUT2D eigenvalue weighted by Gasteiger charge is -2.27. The van der Waals surface area contributed by atoms with Gasteiger partial charge in [-0.2, -0.15) is 0 Å². The van der Waals surface area contributed by atoms with Crippen LogP contribution in [0.1, 0.15) is 45.2 Å². The molecule has 1 unspecified atom stereocenters. The van der Waals surface area contributed by atoms with E-state index in [0.717, 1.165) is 6.42 Å². The summed E-state index contributed by atoms with van der Waals surface area (Å²) in [5.74, 6) is 0.454. The van der Waals surface area contributed by atoms with Crippen LogP contribution in [-0.4, -0.2) is 0 Å².